The van der Waals surface area contributed by atoms with Crippen LogP contribution < -0.4 is 10.1 Å². The molecule has 4 rings (SSSR count). The molecule has 32 heavy (non-hydrogen) atoms. The maximum absolute atomic E-state index is 12.6. The third-order valence-corrected chi connectivity index (χ3v) is 5.34. The van der Waals surface area contributed by atoms with Crippen LogP contribution in [0.4, 0.5) is 5.69 Å². The Hall–Kier alpha value is -3.86. The molecule has 0 spiro atoms. The van der Waals surface area contributed by atoms with Crippen molar-refractivity contribution in [1.29, 1.82) is 0 Å². The molecule has 162 valence electrons. The first-order chi connectivity index (χ1) is 15.5. The summed E-state index contributed by atoms with van der Waals surface area (Å²) in [5.41, 5.74) is 5.74. The molecule has 4 aromatic rings. The molecule has 5 nitrogen and oxygen atoms in total. The van der Waals surface area contributed by atoms with Crippen molar-refractivity contribution < 1.29 is 9.53 Å². The van der Waals surface area contributed by atoms with Crippen molar-refractivity contribution in [2.24, 2.45) is 0 Å². The molecule has 5 heteroatoms. The Bertz CT molecular complexity index is 1230. The van der Waals surface area contributed by atoms with Crippen molar-refractivity contribution in [3.8, 4) is 17.3 Å². The zero-order valence-corrected chi connectivity index (χ0v) is 18.6. The molecule has 0 aliphatic carbocycles. The minimum absolute atomic E-state index is 0.0377. The Morgan fingerprint density at radius 3 is 2.44 bits per heavy atom. The maximum Gasteiger partial charge on any atom is 0.226 e. The Labute approximate surface area is 188 Å². The van der Waals surface area contributed by atoms with Gasteiger partial charge in [-0.15, -0.1) is 0 Å². The lowest BCUT2D eigenvalue weighted by Gasteiger charge is -2.13. The van der Waals surface area contributed by atoms with Crippen LogP contribution in [0, 0.1) is 20.8 Å². The van der Waals surface area contributed by atoms with Gasteiger partial charge in [0, 0.05) is 17.7 Å². The molecule has 0 fully saturated rings. The van der Waals surface area contributed by atoms with E-state index in [1.54, 1.807) is 0 Å². The van der Waals surface area contributed by atoms with Crippen LogP contribution in [0.5, 0.6) is 11.6 Å². The molecule has 0 aliphatic rings. The normalized spacial score (nSPS) is 10.7. The monoisotopic (exact) mass is 425 g/mol. The number of hydrogen-bond donors (Lipinski definition) is 1. The minimum Gasteiger partial charge on any atom is -0.439 e. The number of ether oxygens (including phenoxy) is 1. The maximum atomic E-state index is 12.6. The Morgan fingerprint density at radius 2 is 1.69 bits per heavy atom. The summed E-state index contributed by atoms with van der Waals surface area (Å²) in [7, 11) is 0. The largest absolute Gasteiger partial charge is 0.439 e. The summed E-state index contributed by atoms with van der Waals surface area (Å²) >= 11 is 0. The molecule has 0 saturated heterocycles. The van der Waals surface area contributed by atoms with Gasteiger partial charge in [0.05, 0.1) is 11.4 Å². The predicted octanol–water partition coefficient (Wildman–Crippen LogP) is 6.16. The van der Waals surface area contributed by atoms with Gasteiger partial charge in [-0.2, -0.15) is 9.78 Å². The van der Waals surface area contributed by atoms with Crippen LogP contribution in [0.15, 0.2) is 78.9 Å². The summed E-state index contributed by atoms with van der Waals surface area (Å²) in [6.07, 6.45) is 0.858. The summed E-state index contributed by atoms with van der Waals surface area (Å²) in [6.45, 7) is 6.01. The number of carbonyl (C=O) groups is 1. The van der Waals surface area contributed by atoms with E-state index >= 15 is 0 Å². The van der Waals surface area contributed by atoms with E-state index in [1.807, 2.05) is 104 Å². The van der Waals surface area contributed by atoms with Gasteiger partial charge in [-0.25, -0.2) is 0 Å². The molecule has 0 unspecified atom stereocenters. The van der Waals surface area contributed by atoms with E-state index in [9.17, 15) is 4.79 Å². The quantitative estimate of drug-likeness (QED) is 0.386. The summed E-state index contributed by atoms with van der Waals surface area (Å²) < 4.78 is 8.14. The fraction of sp³-hybridized carbons (Fsp3) is 0.185. The highest BCUT2D eigenvalue weighted by atomic mass is 16.5. The van der Waals surface area contributed by atoms with Gasteiger partial charge in [0.25, 0.3) is 0 Å². The Kier molecular flexibility index (Phi) is 6.36. The van der Waals surface area contributed by atoms with Crippen molar-refractivity contribution >= 4 is 11.6 Å². The van der Waals surface area contributed by atoms with Gasteiger partial charge in [0.2, 0.25) is 11.8 Å². The van der Waals surface area contributed by atoms with Crippen LogP contribution >= 0.6 is 0 Å². The van der Waals surface area contributed by atoms with E-state index < -0.39 is 0 Å². The molecule has 1 amide bonds. The lowest BCUT2D eigenvalue weighted by molar-refractivity contribution is -0.116. The molecular weight excluding hydrogens is 398 g/mol. The molecule has 1 aromatic heterocycles. The number of carbonyl (C=O) groups excluding carboxylic acids is 1. The third kappa shape index (κ3) is 4.89. The molecule has 0 radical (unpaired) electrons. The number of aromatic nitrogens is 2. The van der Waals surface area contributed by atoms with Crippen LogP contribution in [0.3, 0.4) is 0 Å². The second kappa shape index (κ2) is 9.52. The molecule has 1 heterocycles. The van der Waals surface area contributed by atoms with Crippen molar-refractivity contribution in [2.45, 2.75) is 33.6 Å². The van der Waals surface area contributed by atoms with E-state index in [0.717, 1.165) is 39.5 Å². The second-order valence-corrected chi connectivity index (χ2v) is 7.90. The van der Waals surface area contributed by atoms with Gasteiger partial charge in [-0.05, 0) is 68.7 Å². The van der Waals surface area contributed by atoms with Crippen LogP contribution in [0.1, 0.15) is 28.8 Å². The van der Waals surface area contributed by atoms with Crippen molar-refractivity contribution in [3.05, 3.63) is 101 Å². The lowest BCUT2D eigenvalue weighted by Crippen LogP contribution is -2.12. The Morgan fingerprint density at radius 1 is 0.938 bits per heavy atom. The molecule has 0 bridgehead atoms. The fourth-order valence-electron chi connectivity index (χ4n) is 3.68. The summed E-state index contributed by atoms with van der Waals surface area (Å²) in [5.74, 6) is 1.34. The van der Waals surface area contributed by atoms with Crippen LogP contribution in [0.25, 0.3) is 5.69 Å². The number of amides is 1. The molecular formula is C27H27N3O2. The van der Waals surface area contributed by atoms with Gasteiger partial charge >= 0.3 is 0 Å². The number of rotatable bonds is 7. The minimum atomic E-state index is -0.0377. The third-order valence-electron chi connectivity index (χ3n) is 5.34. The zero-order valence-electron chi connectivity index (χ0n) is 18.6. The highest BCUT2D eigenvalue weighted by molar-refractivity contribution is 5.90. The standard InChI is InChI=1S/C27H27N3O2/c1-19-10-9-12-22(18-19)28-26(31)17-16-24-21(3)29-30(25-15-8-7-11-20(25)2)27(24)32-23-13-5-4-6-14-23/h4-15,18H,16-17H2,1-3H3,(H,28,31). The number of para-hydroxylation sites is 2. The first-order valence-corrected chi connectivity index (χ1v) is 10.7. The van der Waals surface area contributed by atoms with Gasteiger partial charge in [-0.1, -0.05) is 48.5 Å². The second-order valence-electron chi connectivity index (χ2n) is 7.90. The van der Waals surface area contributed by atoms with Gasteiger partial charge in [-0.3, -0.25) is 4.79 Å². The molecule has 3 aromatic carbocycles. The van der Waals surface area contributed by atoms with Crippen LogP contribution in [-0.2, 0) is 11.2 Å². The Balaban J connectivity index is 1.62. The highest BCUT2D eigenvalue weighted by Gasteiger charge is 2.20. The molecule has 0 saturated carbocycles. The molecule has 1 N–H and O–H groups in total. The smallest absolute Gasteiger partial charge is 0.226 e. The topological polar surface area (TPSA) is 56.2 Å². The first kappa shape index (κ1) is 21.4. The van der Waals surface area contributed by atoms with Crippen molar-refractivity contribution in [3.63, 3.8) is 0 Å². The molecule has 0 atom stereocenters. The number of nitrogens with one attached hydrogen (secondary N) is 1. The summed E-state index contributed by atoms with van der Waals surface area (Å²) in [4.78, 5) is 12.6. The fourth-order valence-corrected chi connectivity index (χ4v) is 3.68. The van der Waals surface area contributed by atoms with E-state index in [1.165, 1.54) is 0 Å². The average Bonchev–Trinajstić information content (AvgIpc) is 3.08. The highest BCUT2D eigenvalue weighted by Crippen LogP contribution is 2.32. The number of nitrogens with zero attached hydrogens (tertiary/aromatic N) is 2. The zero-order chi connectivity index (χ0) is 22.5. The number of benzene rings is 3. The van der Waals surface area contributed by atoms with Gasteiger partial charge < -0.3 is 10.1 Å². The van der Waals surface area contributed by atoms with Crippen molar-refractivity contribution in [1.82, 2.24) is 9.78 Å². The first-order valence-electron chi connectivity index (χ1n) is 10.7. The average molecular weight is 426 g/mol. The number of anilines is 1. The number of hydrogen-bond acceptors (Lipinski definition) is 3. The van der Waals surface area contributed by atoms with Crippen molar-refractivity contribution in [2.75, 3.05) is 5.32 Å². The SMILES string of the molecule is Cc1cccc(NC(=O)CCc2c(C)nn(-c3ccccc3C)c2Oc2ccccc2)c1. The van der Waals surface area contributed by atoms with Crippen LogP contribution in [0.2, 0.25) is 0 Å². The summed E-state index contributed by atoms with van der Waals surface area (Å²) in [6, 6.07) is 25.5. The lowest BCUT2D eigenvalue weighted by atomic mass is 10.1. The van der Waals surface area contributed by atoms with E-state index in [0.29, 0.717) is 18.7 Å². The van der Waals surface area contributed by atoms with E-state index in [-0.39, 0.29) is 5.91 Å². The van der Waals surface area contributed by atoms with Gasteiger partial charge in [0.15, 0.2) is 0 Å². The molecule has 0 aliphatic heterocycles. The van der Waals surface area contributed by atoms with Gasteiger partial charge in [0.1, 0.15) is 5.75 Å². The van der Waals surface area contributed by atoms with E-state index in [2.05, 4.69) is 5.32 Å². The summed E-state index contributed by atoms with van der Waals surface area (Å²) in [5, 5.41) is 7.75. The predicted molar refractivity (Wildman–Crippen MR) is 128 cm³/mol. The van der Waals surface area contributed by atoms with E-state index in [4.69, 9.17) is 9.84 Å². The van der Waals surface area contributed by atoms with Crippen LogP contribution in [-0.4, -0.2) is 15.7 Å². The number of aryl methyl sites for hydroxylation is 3.